The van der Waals surface area contributed by atoms with Crippen LogP contribution < -0.4 is 5.73 Å². The average molecular weight is 208 g/mol. The van der Waals surface area contributed by atoms with Crippen LogP contribution in [0.5, 0.6) is 0 Å². The van der Waals surface area contributed by atoms with Crippen LogP contribution in [-0.4, -0.2) is 14.8 Å². The summed E-state index contributed by atoms with van der Waals surface area (Å²) in [6, 6.07) is 4.08. The second-order valence-electron chi connectivity index (χ2n) is 3.13. The van der Waals surface area contributed by atoms with Crippen LogP contribution in [0.25, 0.3) is 0 Å². The van der Waals surface area contributed by atoms with E-state index in [4.69, 9.17) is 5.73 Å². The Kier molecular flexibility index (Phi) is 2.60. The largest absolute Gasteiger partial charge is 0.323 e. The first kappa shape index (κ1) is 9.36. The molecule has 2 aromatic heterocycles. The molecular weight excluding hydrogens is 196 g/mol. The third-order valence-electron chi connectivity index (χ3n) is 2.12. The number of thiophene rings is 1. The molecule has 0 spiro atoms. The fourth-order valence-corrected chi connectivity index (χ4v) is 2.03. The molecule has 1 unspecified atom stereocenters. The summed E-state index contributed by atoms with van der Waals surface area (Å²) >= 11 is 1.68. The summed E-state index contributed by atoms with van der Waals surface area (Å²) in [4.78, 5) is 5.33. The van der Waals surface area contributed by atoms with E-state index in [2.05, 4.69) is 10.1 Å². The summed E-state index contributed by atoms with van der Waals surface area (Å²) in [5, 5.41) is 6.04. The lowest BCUT2D eigenvalue weighted by Gasteiger charge is -2.07. The molecule has 2 aromatic rings. The molecule has 0 aromatic carbocycles. The summed E-state index contributed by atoms with van der Waals surface area (Å²) in [7, 11) is 1.88. The van der Waals surface area contributed by atoms with Gasteiger partial charge in [-0.05, 0) is 11.4 Å². The Labute approximate surface area is 86.4 Å². The van der Waals surface area contributed by atoms with Crippen molar-refractivity contribution in [1.29, 1.82) is 0 Å². The van der Waals surface area contributed by atoms with Gasteiger partial charge in [-0.3, -0.25) is 4.68 Å². The van der Waals surface area contributed by atoms with Gasteiger partial charge in [-0.15, -0.1) is 11.3 Å². The van der Waals surface area contributed by atoms with E-state index >= 15 is 0 Å². The minimum absolute atomic E-state index is 0.0258. The molecule has 1 atom stereocenters. The van der Waals surface area contributed by atoms with Crippen LogP contribution in [-0.2, 0) is 13.5 Å². The molecule has 2 heterocycles. The quantitative estimate of drug-likeness (QED) is 0.822. The summed E-state index contributed by atoms with van der Waals surface area (Å²) < 4.78 is 1.76. The molecule has 0 amide bonds. The van der Waals surface area contributed by atoms with Crippen LogP contribution in [0.2, 0.25) is 0 Å². The molecule has 0 bridgehead atoms. The Bertz CT molecular complexity index is 393. The molecule has 2 rings (SSSR count). The Balaban J connectivity index is 2.09. The minimum Gasteiger partial charge on any atom is -0.323 e. The average Bonchev–Trinajstić information content (AvgIpc) is 2.77. The van der Waals surface area contributed by atoms with Gasteiger partial charge in [-0.25, -0.2) is 4.98 Å². The van der Waals surface area contributed by atoms with E-state index in [-0.39, 0.29) is 6.04 Å². The number of nitrogens with zero attached hydrogens (tertiary/aromatic N) is 3. The third kappa shape index (κ3) is 1.83. The highest BCUT2D eigenvalue weighted by molar-refractivity contribution is 7.10. The van der Waals surface area contributed by atoms with Gasteiger partial charge < -0.3 is 5.73 Å². The van der Waals surface area contributed by atoms with Gasteiger partial charge in [-0.1, -0.05) is 6.07 Å². The van der Waals surface area contributed by atoms with E-state index in [0.717, 1.165) is 12.2 Å². The third-order valence-corrected chi connectivity index (χ3v) is 3.12. The highest BCUT2D eigenvalue weighted by Gasteiger charge is 2.10. The van der Waals surface area contributed by atoms with Crippen LogP contribution in [0.15, 0.2) is 23.8 Å². The zero-order chi connectivity index (χ0) is 9.97. The number of hydrogen-bond acceptors (Lipinski definition) is 4. The molecular formula is C9H12N4S. The number of nitrogens with two attached hydrogens (primary N) is 1. The number of aryl methyl sites for hydroxylation is 1. The summed E-state index contributed by atoms with van der Waals surface area (Å²) in [6.07, 6.45) is 2.29. The Morgan fingerprint density at radius 2 is 2.50 bits per heavy atom. The molecule has 0 saturated heterocycles. The summed E-state index contributed by atoms with van der Waals surface area (Å²) in [5.41, 5.74) is 6.03. The van der Waals surface area contributed by atoms with Crippen molar-refractivity contribution in [3.05, 3.63) is 34.5 Å². The molecule has 14 heavy (non-hydrogen) atoms. The van der Waals surface area contributed by atoms with E-state index in [0.29, 0.717) is 0 Å². The van der Waals surface area contributed by atoms with Gasteiger partial charge in [0.25, 0.3) is 0 Å². The molecule has 2 N–H and O–H groups in total. The van der Waals surface area contributed by atoms with Crippen molar-refractivity contribution >= 4 is 11.3 Å². The van der Waals surface area contributed by atoms with Gasteiger partial charge in [-0.2, -0.15) is 5.10 Å². The molecule has 0 aliphatic rings. The number of rotatable bonds is 3. The topological polar surface area (TPSA) is 56.7 Å². The molecule has 0 radical (unpaired) electrons. The van der Waals surface area contributed by atoms with Gasteiger partial charge in [0.1, 0.15) is 12.2 Å². The molecule has 0 fully saturated rings. The molecule has 0 saturated carbocycles. The lowest BCUT2D eigenvalue weighted by molar-refractivity contribution is 0.635. The van der Waals surface area contributed by atoms with E-state index < -0.39 is 0 Å². The highest BCUT2D eigenvalue weighted by Crippen LogP contribution is 2.19. The predicted molar refractivity (Wildman–Crippen MR) is 56.0 cm³/mol. The van der Waals surface area contributed by atoms with E-state index in [9.17, 15) is 0 Å². The van der Waals surface area contributed by atoms with Gasteiger partial charge in [0.2, 0.25) is 0 Å². The maximum atomic E-state index is 6.03. The normalized spacial score (nSPS) is 13.0. The van der Waals surface area contributed by atoms with Gasteiger partial charge in [0, 0.05) is 24.4 Å². The zero-order valence-electron chi connectivity index (χ0n) is 7.92. The lowest BCUT2D eigenvalue weighted by Crippen LogP contribution is -2.14. The van der Waals surface area contributed by atoms with Crippen molar-refractivity contribution in [2.24, 2.45) is 12.8 Å². The smallest absolute Gasteiger partial charge is 0.138 e. The van der Waals surface area contributed by atoms with Crippen molar-refractivity contribution in [2.75, 3.05) is 0 Å². The van der Waals surface area contributed by atoms with Crippen molar-refractivity contribution in [3.63, 3.8) is 0 Å². The molecule has 0 aliphatic heterocycles. The zero-order valence-corrected chi connectivity index (χ0v) is 8.74. The van der Waals surface area contributed by atoms with Crippen LogP contribution >= 0.6 is 11.3 Å². The van der Waals surface area contributed by atoms with Crippen molar-refractivity contribution in [1.82, 2.24) is 14.8 Å². The van der Waals surface area contributed by atoms with Crippen molar-refractivity contribution in [2.45, 2.75) is 12.5 Å². The van der Waals surface area contributed by atoms with Crippen LogP contribution in [0.4, 0.5) is 0 Å². The van der Waals surface area contributed by atoms with Crippen molar-refractivity contribution < 1.29 is 0 Å². The Morgan fingerprint density at radius 3 is 3.07 bits per heavy atom. The number of hydrogen-bond donors (Lipinski definition) is 1. The summed E-state index contributed by atoms with van der Waals surface area (Å²) in [5.74, 6) is 0.922. The van der Waals surface area contributed by atoms with E-state index in [1.165, 1.54) is 4.88 Å². The molecule has 5 heteroatoms. The maximum Gasteiger partial charge on any atom is 0.138 e. The van der Waals surface area contributed by atoms with Crippen molar-refractivity contribution in [3.8, 4) is 0 Å². The van der Waals surface area contributed by atoms with Crippen LogP contribution in [0, 0.1) is 0 Å². The van der Waals surface area contributed by atoms with E-state index in [1.54, 1.807) is 22.3 Å². The van der Waals surface area contributed by atoms with Crippen LogP contribution in [0.1, 0.15) is 16.7 Å². The van der Waals surface area contributed by atoms with Gasteiger partial charge >= 0.3 is 0 Å². The first-order chi connectivity index (χ1) is 6.77. The number of aromatic nitrogens is 3. The monoisotopic (exact) mass is 208 g/mol. The summed E-state index contributed by atoms with van der Waals surface area (Å²) in [6.45, 7) is 0. The molecule has 4 nitrogen and oxygen atoms in total. The van der Waals surface area contributed by atoms with Gasteiger partial charge in [0.15, 0.2) is 0 Å². The first-order valence-corrected chi connectivity index (χ1v) is 5.27. The first-order valence-electron chi connectivity index (χ1n) is 4.39. The standard InChI is InChI=1S/C9H12N4S/c1-13-9(11-6-12-13)5-7(10)8-3-2-4-14-8/h2-4,6-7H,5,10H2,1H3. The van der Waals surface area contributed by atoms with Crippen LogP contribution in [0.3, 0.4) is 0 Å². The predicted octanol–water partition coefficient (Wildman–Crippen LogP) is 1.12. The lowest BCUT2D eigenvalue weighted by atomic mass is 10.2. The second kappa shape index (κ2) is 3.89. The van der Waals surface area contributed by atoms with Gasteiger partial charge in [0.05, 0.1) is 0 Å². The molecule has 0 aliphatic carbocycles. The minimum atomic E-state index is 0.0258. The fraction of sp³-hybridized carbons (Fsp3) is 0.333. The van der Waals surface area contributed by atoms with E-state index in [1.807, 2.05) is 24.6 Å². The fourth-order valence-electron chi connectivity index (χ4n) is 1.30. The SMILES string of the molecule is Cn1ncnc1CC(N)c1cccs1. The Hall–Kier alpha value is -1.20. The highest BCUT2D eigenvalue weighted by atomic mass is 32.1. The maximum absolute atomic E-state index is 6.03. The Morgan fingerprint density at radius 1 is 1.64 bits per heavy atom. The molecule has 74 valence electrons. The second-order valence-corrected chi connectivity index (χ2v) is 4.11.